The van der Waals surface area contributed by atoms with Crippen LogP contribution in [-0.2, 0) is 4.79 Å². The van der Waals surface area contributed by atoms with Gasteiger partial charge in [-0.25, -0.2) is 4.79 Å². The summed E-state index contributed by atoms with van der Waals surface area (Å²) in [5.74, 6) is -0.465. The molecule has 0 bridgehead atoms. The molecule has 1 atom stereocenters. The van der Waals surface area contributed by atoms with Crippen molar-refractivity contribution in [3.05, 3.63) is 36.4 Å². The molecule has 0 spiro atoms. The Bertz CT molecular complexity index is 728. The number of aryl methyl sites for hydroxylation is 1. The highest BCUT2D eigenvalue weighted by Crippen LogP contribution is 2.22. The second-order valence-electron chi connectivity index (χ2n) is 5.55. The molecule has 3 N–H and O–H groups in total. The van der Waals surface area contributed by atoms with E-state index in [2.05, 4.69) is 15.5 Å². The number of likely N-dealkylation sites (tertiary alicyclic amines) is 1. The fraction of sp³-hybridized carbons (Fsp3) is 0.333. The van der Waals surface area contributed by atoms with E-state index in [1.807, 2.05) is 25.1 Å². The first-order chi connectivity index (χ1) is 11.1. The van der Waals surface area contributed by atoms with Gasteiger partial charge in [0.2, 0.25) is 5.91 Å². The van der Waals surface area contributed by atoms with Gasteiger partial charge in [0, 0.05) is 12.2 Å². The molecule has 0 radical (unpaired) electrons. The lowest BCUT2D eigenvalue weighted by atomic mass is 10.1. The molecule has 0 unspecified atom stereocenters. The zero-order chi connectivity index (χ0) is 16.4. The smallest absolute Gasteiger partial charge is 0.322 e. The number of carbonyl (C=O) groups excluding carboxylic acids is 2. The summed E-state index contributed by atoms with van der Waals surface area (Å²) in [6.45, 7) is 2.44. The number of hydrogen-bond acceptors (Lipinski definition) is 4. The minimum absolute atomic E-state index is 0.310. The summed E-state index contributed by atoms with van der Waals surface area (Å²) in [5.41, 5.74) is 7.79. The van der Waals surface area contributed by atoms with Crippen LogP contribution in [0.5, 0.6) is 0 Å². The number of hydrogen-bond donors (Lipinski definition) is 2. The van der Waals surface area contributed by atoms with Crippen LogP contribution in [0.1, 0.15) is 18.4 Å². The van der Waals surface area contributed by atoms with E-state index in [0.29, 0.717) is 18.7 Å². The van der Waals surface area contributed by atoms with Crippen molar-refractivity contribution in [2.75, 3.05) is 11.9 Å². The molecule has 0 aliphatic carbocycles. The molecule has 1 fully saturated rings. The molecule has 2 aromatic rings. The van der Waals surface area contributed by atoms with Gasteiger partial charge in [-0.2, -0.15) is 0 Å². The summed E-state index contributed by atoms with van der Waals surface area (Å²) in [6, 6.07) is 4.81. The first-order valence-electron chi connectivity index (χ1n) is 7.39. The number of aromatic nitrogens is 3. The zero-order valence-electron chi connectivity index (χ0n) is 12.8. The predicted molar refractivity (Wildman–Crippen MR) is 84.0 cm³/mol. The highest BCUT2D eigenvalue weighted by Gasteiger charge is 2.32. The molecule has 2 heterocycles. The number of anilines is 1. The number of rotatable bonds is 3. The molecule has 3 rings (SSSR count). The molecule has 0 saturated carbocycles. The third-order valence-corrected chi connectivity index (χ3v) is 4.02. The standard InChI is InChI=1S/C15H18N6O2/c1-10-4-5-11(20-8-17-18-9-20)7-12(10)19-15(23)21-6-2-3-13(21)14(16)22/h4-5,7-9,13H,2-3,6H2,1H3,(H2,16,22)(H,19,23)/t13-/m1/s1. The molecule has 1 aliphatic rings. The van der Waals surface area contributed by atoms with Gasteiger partial charge in [0.15, 0.2) is 0 Å². The lowest BCUT2D eigenvalue weighted by molar-refractivity contribution is -0.121. The van der Waals surface area contributed by atoms with E-state index < -0.39 is 11.9 Å². The van der Waals surface area contributed by atoms with Gasteiger partial charge in [0.1, 0.15) is 18.7 Å². The van der Waals surface area contributed by atoms with Crippen LogP contribution >= 0.6 is 0 Å². The van der Waals surface area contributed by atoms with Crippen LogP contribution < -0.4 is 11.1 Å². The highest BCUT2D eigenvalue weighted by atomic mass is 16.2. The van der Waals surface area contributed by atoms with Crippen LogP contribution in [-0.4, -0.2) is 44.2 Å². The third kappa shape index (κ3) is 3.01. The Morgan fingerprint density at radius 1 is 1.30 bits per heavy atom. The lowest BCUT2D eigenvalue weighted by Crippen LogP contribution is -2.45. The number of nitrogens with one attached hydrogen (secondary N) is 1. The highest BCUT2D eigenvalue weighted by molar-refractivity contribution is 5.94. The quantitative estimate of drug-likeness (QED) is 0.883. The Labute approximate surface area is 133 Å². The van der Waals surface area contributed by atoms with Crippen molar-refractivity contribution in [3.63, 3.8) is 0 Å². The van der Waals surface area contributed by atoms with E-state index >= 15 is 0 Å². The summed E-state index contributed by atoms with van der Waals surface area (Å²) in [4.78, 5) is 25.4. The fourth-order valence-electron chi connectivity index (χ4n) is 2.73. The van der Waals surface area contributed by atoms with E-state index in [-0.39, 0.29) is 6.03 Å². The molecule has 1 saturated heterocycles. The van der Waals surface area contributed by atoms with Crippen LogP contribution in [0, 0.1) is 6.92 Å². The number of amides is 3. The normalized spacial score (nSPS) is 17.3. The number of benzene rings is 1. The number of nitrogens with two attached hydrogens (primary N) is 1. The van der Waals surface area contributed by atoms with E-state index in [9.17, 15) is 9.59 Å². The van der Waals surface area contributed by atoms with Crippen LogP contribution in [0.15, 0.2) is 30.9 Å². The molecule has 120 valence electrons. The van der Waals surface area contributed by atoms with E-state index in [4.69, 9.17) is 5.73 Å². The second kappa shape index (κ2) is 6.07. The van der Waals surface area contributed by atoms with Crippen LogP contribution in [0.25, 0.3) is 5.69 Å². The maximum atomic E-state index is 12.5. The van der Waals surface area contributed by atoms with Crippen molar-refractivity contribution < 1.29 is 9.59 Å². The van der Waals surface area contributed by atoms with Gasteiger partial charge >= 0.3 is 6.03 Å². The van der Waals surface area contributed by atoms with Crippen LogP contribution in [0.3, 0.4) is 0 Å². The van der Waals surface area contributed by atoms with Crippen molar-refractivity contribution in [2.45, 2.75) is 25.8 Å². The van der Waals surface area contributed by atoms with Crippen molar-refractivity contribution in [2.24, 2.45) is 5.73 Å². The van der Waals surface area contributed by atoms with Crippen molar-refractivity contribution in [1.29, 1.82) is 0 Å². The molecular weight excluding hydrogens is 296 g/mol. The van der Waals surface area contributed by atoms with Gasteiger partial charge in [-0.05, 0) is 37.5 Å². The van der Waals surface area contributed by atoms with Gasteiger partial charge in [-0.3, -0.25) is 9.36 Å². The van der Waals surface area contributed by atoms with Gasteiger partial charge in [-0.15, -0.1) is 10.2 Å². The van der Waals surface area contributed by atoms with Crippen LogP contribution in [0.4, 0.5) is 10.5 Å². The average Bonchev–Trinajstić information content (AvgIpc) is 3.20. The number of nitrogens with zero attached hydrogens (tertiary/aromatic N) is 4. The van der Waals surface area contributed by atoms with E-state index in [0.717, 1.165) is 17.7 Å². The number of urea groups is 1. The summed E-state index contributed by atoms with van der Waals surface area (Å²) >= 11 is 0. The molecule has 8 heteroatoms. The Balaban J connectivity index is 1.81. The van der Waals surface area contributed by atoms with Gasteiger partial charge in [0.25, 0.3) is 0 Å². The molecule has 3 amide bonds. The summed E-state index contributed by atoms with van der Waals surface area (Å²) in [7, 11) is 0. The van der Waals surface area contributed by atoms with Gasteiger partial charge < -0.3 is 16.0 Å². The maximum Gasteiger partial charge on any atom is 0.322 e. The summed E-state index contributed by atoms with van der Waals surface area (Å²) < 4.78 is 1.75. The Hall–Kier alpha value is -2.90. The molecule has 8 nitrogen and oxygen atoms in total. The monoisotopic (exact) mass is 314 g/mol. The lowest BCUT2D eigenvalue weighted by Gasteiger charge is -2.23. The van der Waals surface area contributed by atoms with Crippen LogP contribution in [0.2, 0.25) is 0 Å². The summed E-state index contributed by atoms with van der Waals surface area (Å²) in [5, 5.41) is 10.4. The fourth-order valence-corrected chi connectivity index (χ4v) is 2.73. The Morgan fingerprint density at radius 3 is 2.74 bits per heavy atom. The molecular formula is C15H18N6O2. The first-order valence-corrected chi connectivity index (χ1v) is 7.39. The zero-order valence-corrected chi connectivity index (χ0v) is 12.8. The first kappa shape index (κ1) is 15.0. The second-order valence-corrected chi connectivity index (χ2v) is 5.55. The Kier molecular flexibility index (Phi) is 3.96. The number of primary amides is 1. The van der Waals surface area contributed by atoms with E-state index in [1.54, 1.807) is 17.2 Å². The SMILES string of the molecule is Cc1ccc(-n2cnnc2)cc1NC(=O)N1CCC[C@@H]1C(N)=O. The minimum Gasteiger partial charge on any atom is -0.368 e. The molecule has 1 aromatic heterocycles. The molecule has 1 aromatic carbocycles. The molecule has 1 aliphatic heterocycles. The number of carbonyl (C=O) groups is 2. The predicted octanol–water partition coefficient (Wildman–Crippen LogP) is 1.06. The van der Waals surface area contributed by atoms with Crippen molar-refractivity contribution in [3.8, 4) is 5.69 Å². The minimum atomic E-state index is -0.531. The molecule has 23 heavy (non-hydrogen) atoms. The van der Waals surface area contributed by atoms with E-state index in [1.165, 1.54) is 4.90 Å². The van der Waals surface area contributed by atoms with Crippen molar-refractivity contribution in [1.82, 2.24) is 19.7 Å². The summed E-state index contributed by atoms with van der Waals surface area (Å²) in [6.07, 6.45) is 4.56. The largest absolute Gasteiger partial charge is 0.368 e. The Morgan fingerprint density at radius 2 is 2.04 bits per heavy atom. The van der Waals surface area contributed by atoms with Gasteiger partial charge in [-0.1, -0.05) is 6.07 Å². The topological polar surface area (TPSA) is 106 Å². The average molecular weight is 314 g/mol. The maximum absolute atomic E-state index is 12.5. The van der Waals surface area contributed by atoms with Gasteiger partial charge in [0.05, 0.1) is 5.69 Å². The van der Waals surface area contributed by atoms with Crippen molar-refractivity contribution >= 4 is 17.6 Å². The third-order valence-electron chi connectivity index (χ3n) is 4.02.